The second-order valence-corrected chi connectivity index (χ2v) is 3.40. The van der Waals surface area contributed by atoms with Crippen molar-refractivity contribution in [3.05, 3.63) is 5.82 Å². The summed E-state index contributed by atoms with van der Waals surface area (Å²) in [5, 5.41) is 20.5. The summed E-state index contributed by atoms with van der Waals surface area (Å²) in [5.41, 5.74) is -1.01. The summed E-state index contributed by atoms with van der Waals surface area (Å²) in [4.78, 5) is 11.3. The van der Waals surface area contributed by atoms with Crippen LogP contribution in [-0.4, -0.2) is 31.3 Å². The molecule has 0 amide bonds. The minimum absolute atomic E-state index is 0.469. The van der Waals surface area contributed by atoms with E-state index >= 15 is 0 Å². The fraction of sp³-hybridized carbons (Fsp3) is 0.778. The van der Waals surface area contributed by atoms with Crippen LogP contribution in [0.15, 0.2) is 0 Å². The third-order valence-corrected chi connectivity index (χ3v) is 2.82. The Bertz CT molecular complexity index is 344. The zero-order valence-corrected chi connectivity index (χ0v) is 9.27. The van der Waals surface area contributed by atoms with Gasteiger partial charge in [-0.15, -0.1) is 5.10 Å². The van der Waals surface area contributed by atoms with Crippen LogP contribution in [0, 0.1) is 0 Å². The Labute approximate surface area is 88.3 Å². The molecule has 0 aliphatic heterocycles. The van der Waals surface area contributed by atoms with Crippen LogP contribution >= 0.6 is 0 Å². The number of carbonyl (C=O) groups is 1. The van der Waals surface area contributed by atoms with Crippen molar-refractivity contribution >= 4 is 5.97 Å². The number of tetrazole rings is 1. The molecule has 1 aromatic heterocycles. The molecule has 1 N–H and O–H groups in total. The largest absolute Gasteiger partial charge is 0.479 e. The monoisotopic (exact) mass is 212 g/mol. The van der Waals surface area contributed by atoms with Crippen LogP contribution in [0.1, 0.15) is 39.4 Å². The smallest absolute Gasteiger partial charge is 0.331 e. The molecule has 0 radical (unpaired) electrons. The van der Waals surface area contributed by atoms with E-state index in [1.807, 2.05) is 20.8 Å². The fourth-order valence-electron chi connectivity index (χ4n) is 1.70. The van der Waals surface area contributed by atoms with Crippen molar-refractivity contribution in [2.45, 2.75) is 45.6 Å². The molecule has 0 aliphatic carbocycles. The topological polar surface area (TPSA) is 80.9 Å². The first kappa shape index (κ1) is 11.6. The molecular formula is C9H16N4O2. The molecule has 0 unspecified atom stereocenters. The number of hydrogen-bond donors (Lipinski definition) is 1. The van der Waals surface area contributed by atoms with E-state index in [1.54, 1.807) is 0 Å². The van der Waals surface area contributed by atoms with E-state index in [0.29, 0.717) is 25.1 Å². The molecule has 15 heavy (non-hydrogen) atoms. The minimum Gasteiger partial charge on any atom is -0.479 e. The lowest BCUT2D eigenvalue weighted by Crippen LogP contribution is -2.42. The highest BCUT2D eigenvalue weighted by Crippen LogP contribution is 2.25. The quantitative estimate of drug-likeness (QED) is 0.782. The van der Waals surface area contributed by atoms with E-state index in [2.05, 4.69) is 15.5 Å². The van der Waals surface area contributed by atoms with E-state index in [1.165, 1.54) is 4.68 Å². The Morgan fingerprint density at radius 2 is 2.00 bits per heavy atom. The van der Waals surface area contributed by atoms with Gasteiger partial charge in [-0.1, -0.05) is 20.8 Å². The van der Waals surface area contributed by atoms with Crippen molar-refractivity contribution in [3.8, 4) is 0 Å². The number of aliphatic carboxylic acids is 1. The van der Waals surface area contributed by atoms with Gasteiger partial charge < -0.3 is 5.11 Å². The van der Waals surface area contributed by atoms with Gasteiger partial charge in [-0.3, -0.25) is 0 Å². The van der Waals surface area contributed by atoms with Gasteiger partial charge in [0.25, 0.3) is 0 Å². The SMILES string of the molecule is CCc1nnnn1C(CC)(CC)C(=O)O. The molecule has 1 aromatic rings. The molecule has 1 rings (SSSR count). The first-order chi connectivity index (χ1) is 7.12. The Hall–Kier alpha value is -1.46. The fourth-order valence-corrected chi connectivity index (χ4v) is 1.70. The number of hydrogen-bond acceptors (Lipinski definition) is 4. The van der Waals surface area contributed by atoms with Gasteiger partial charge in [0.2, 0.25) is 0 Å². The summed E-state index contributed by atoms with van der Waals surface area (Å²) >= 11 is 0. The van der Waals surface area contributed by atoms with Crippen LogP contribution in [-0.2, 0) is 16.8 Å². The summed E-state index contributed by atoms with van der Waals surface area (Å²) in [7, 11) is 0. The lowest BCUT2D eigenvalue weighted by Gasteiger charge is -2.27. The van der Waals surface area contributed by atoms with E-state index in [9.17, 15) is 9.90 Å². The average molecular weight is 212 g/mol. The van der Waals surface area contributed by atoms with Crippen molar-refractivity contribution in [3.63, 3.8) is 0 Å². The minimum atomic E-state index is -1.01. The molecular weight excluding hydrogens is 196 g/mol. The second kappa shape index (κ2) is 4.37. The maximum atomic E-state index is 11.3. The van der Waals surface area contributed by atoms with Crippen molar-refractivity contribution in [2.75, 3.05) is 0 Å². The van der Waals surface area contributed by atoms with Crippen LogP contribution < -0.4 is 0 Å². The number of aromatic nitrogens is 4. The Morgan fingerprint density at radius 3 is 2.40 bits per heavy atom. The van der Waals surface area contributed by atoms with Crippen molar-refractivity contribution < 1.29 is 9.90 Å². The van der Waals surface area contributed by atoms with Gasteiger partial charge in [-0.2, -0.15) is 0 Å². The molecule has 0 aliphatic rings. The third-order valence-electron chi connectivity index (χ3n) is 2.82. The van der Waals surface area contributed by atoms with Gasteiger partial charge in [0.1, 0.15) is 0 Å². The van der Waals surface area contributed by atoms with Gasteiger partial charge in [-0.25, -0.2) is 9.48 Å². The lowest BCUT2D eigenvalue weighted by molar-refractivity contribution is -0.148. The maximum absolute atomic E-state index is 11.3. The first-order valence-electron chi connectivity index (χ1n) is 5.13. The predicted octanol–water partition coefficient (Wildman–Crippen LogP) is 0.835. The molecule has 84 valence electrons. The zero-order valence-electron chi connectivity index (χ0n) is 9.27. The van der Waals surface area contributed by atoms with Gasteiger partial charge >= 0.3 is 5.97 Å². The normalized spacial score (nSPS) is 11.7. The molecule has 0 aromatic carbocycles. The molecule has 0 saturated carbocycles. The number of nitrogens with zero attached hydrogens (tertiary/aromatic N) is 4. The third kappa shape index (κ3) is 1.71. The average Bonchev–Trinajstić information content (AvgIpc) is 2.69. The molecule has 6 heteroatoms. The molecule has 1 heterocycles. The molecule has 0 saturated heterocycles. The van der Waals surface area contributed by atoms with Crippen LogP contribution in [0.2, 0.25) is 0 Å². The van der Waals surface area contributed by atoms with Crippen molar-refractivity contribution in [2.24, 2.45) is 0 Å². The summed E-state index contributed by atoms with van der Waals surface area (Å²) in [6, 6.07) is 0. The van der Waals surface area contributed by atoms with E-state index in [-0.39, 0.29) is 0 Å². The number of aryl methyl sites for hydroxylation is 1. The van der Waals surface area contributed by atoms with Crippen LogP contribution in [0.25, 0.3) is 0 Å². The highest BCUT2D eigenvalue weighted by Gasteiger charge is 2.39. The maximum Gasteiger partial charge on any atom is 0.331 e. The molecule has 0 atom stereocenters. The van der Waals surface area contributed by atoms with E-state index < -0.39 is 11.5 Å². The van der Waals surface area contributed by atoms with E-state index in [0.717, 1.165) is 0 Å². The van der Waals surface area contributed by atoms with Gasteiger partial charge in [0.05, 0.1) is 0 Å². The number of carboxylic acids is 1. The number of rotatable bonds is 5. The van der Waals surface area contributed by atoms with Gasteiger partial charge in [0, 0.05) is 6.42 Å². The van der Waals surface area contributed by atoms with Crippen LogP contribution in [0.5, 0.6) is 0 Å². The second-order valence-electron chi connectivity index (χ2n) is 3.40. The first-order valence-corrected chi connectivity index (χ1v) is 5.13. The molecule has 0 fully saturated rings. The van der Waals surface area contributed by atoms with Gasteiger partial charge in [-0.05, 0) is 23.3 Å². The van der Waals surface area contributed by atoms with Crippen molar-refractivity contribution in [1.29, 1.82) is 0 Å². The molecule has 6 nitrogen and oxygen atoms in total. The molecule has 0 spiro atoms. The Morgan fingerprint density at radius 1 is 1.40 bits per heavy atom. The highest BCUT2D eigenvalue weighted by atomic mass is 16.4. The zero-order chi connectivity index (χ0) is 11.5. The summed E-state index contributed by atoms with van der Waals surface area (Å²) in [6.45, 7) is 5.57. The van der Waals surface area contributed by atoms with Gasteiger partial charge in [0.15, 0.2) is 11.4 Å². The van der Waals surface area contributed by atoms with Crippen LogP contribution in [0.4, 0.5) is 0 Å². The summed E-state index contributed by atoms with van der Waals surface area (Å²) < 4.78 is 1.44. The summed E-state index contributed by atoms with van der Waals surface area (Å²) in [6.07, 6.45) is 1.57. The predicted molar refractivity (Wildman–Crippen MR) is 53.4 cm³/mol. The van der Waals surface area contributed by atoms with Crippen LogP contribution in [0.3, 0.4) is 0 Å². The number of carboxylic acid groups (broad SMARTS) is 1. The van der Waals surface area contributed by atoms with Crippen molar-refractivity contribution in [1.82, 2.24) is 20.2 Å². The van der Waals surface area contributed by atoms with E-state index in [4.69, 9.17) is 0 Å². The highest BCUT2D eigenvalue weighted by molar-refractivity contribution is 5.76. The summed E-state index contributed by atoms with van der Waals surface area (Å²) in [5.74, 6) is -0.268. The Kier molecular flexibility index (Phi) is 3.39. The molecule has 0 bridgehead atoms. The Balaban J connectivity index is 3.25. The standard InChI is InChI=1S/C9H16N4O2/c1-4-7-10-11-12-13(7)9(5-2,6-3)8(14)15/h4-6H2,1-3H3,(H,14,15). The lowest BCUT2D eigenvalue weighted by atomic mass is 9.93.